The van der Waals surface area contributed by atoms with Crippen LogP contribution in [0.5, 0.6) is 0 Å². The minimum atomic E-state index is -1.08. The minimum absolute atomic E-state index is 0.154. The van der Waals surface area contributed by atoms with Gasteiger partial charge in [0.2, 0.25) is 0 Å². The fraction of sp³-hybridized carbons (Fsp3) is 0.154. The molecule has 0 aliphatic heterocycles. The molecule has 0 heterocycles. The highest BCUT2D eigenvalue weighted by Gasteiger charge is 2.26. The van der Waals surface area contributed by atoms with E-state index < -0.39 is 5.66 Å². The molecule has 1 aromatic rings. The van der Waals surface area contributed by atoms with Crippen molar-refractivity contribution in [1.82, 2.24) is 0 Å². The summed E-state index contributed by atoms with van der Waals surface area (Å²) in [6, 6.07) is 6.76. The van der Waals surface area contributed by atoms with Crippen LogP contribution in [0, 0.1) is 0 Å². The molecule has 18 heavy (non-hydrogen) atoms. The maximum Gasteiger partial charge on any atom is 0.189 e. The van der Waals surface area contributed by atoms with Crippen LogP contribution < -0.4 is 22.9 Å². The van der Waals surface area contributed by atoms with Gasteiger partial charge in [-0.05, 0) is 24.3 Å². The van der Waals surface area contributed by atoms with Crippen molar-refractivity contribution in [2.24, 2.45) is 17.2 Å². The zero-order valence-electron chi connectivity index (χ0n) is 9.89. The first-order valence-electron chi connectivity index (χ1n) is 5.54. The molecule has 1 aliphatic carbocycles. The molecule has 8 N–H and O–H groups in total. The molecule has 5 nitrogen and oxygen atoms in total. The van der Waals surface area contributed by atoms with E-state index >= 15 is 0 Å². The molecule has 0 spiro atoms. The van der Waals surface area contributed by atoms with Gasteiger partial charge in [0, 0.05) is 28.9 Å². The highest BCUT2D eigenvalue weighted by molar-refractivity contribution is 6.09. The normalized spacial score (nSPS) is 17.9. The highest BCUT2D eigenvalue weighted by Crippen LogP contribution is 2.23. The van der Waals surface area contributed by atoms with Crippen LogP contribution in [0.25, 0.3) is 0 Å². The van der Waals surface area contributed by atoms with Gasteiger partial charge in [0.1, 0.15) is 0 Å². The summed E-state index contributed by atoms with van der Waals surface area (Å²) in [7, 11) is 0. The van der Waals surface area contributed by atoms with E-state index in [-0.39, 0.29) is 12.2 Å². The standard InChI is InChI=1S/C13H16N4O/c14-10-3-1-2-8(4-10)12(18)9-5-11(15)7-13(16,17)6-9/h1-5,7H,6,14-17H2. The van der Waals surface area contributed by atoms with Crippen molar-refractivity contribution in [1.29, 1.82) is 0 Å². The molecule has 0 atom stereocenters. The van der Waals surface area contributed by atoms with E-state index in [1.807, 2.05) is 0 Å². The fourth-order valence-corrected chi connectivity index (χ4v) is 2.00. The average molecular weight is 244 g/mol. The Balaban J connectivity index is 2.33. The zero-order valence-corrected chi connectivity index (χ0v) is 9.89. The lowest BCUT2D eigenvalue weighted by atomic mass is 9.89. The number of nitrogen functional groups attached to an aromatic ring is 1. The van der Waals surface area contributed by atoms with E-state index in [0.29, 0.717) is 22.5 Å². The second-order valence-corrected chi connectivity index (χ2v) is 4.56. The van der Waals surface area contributed by atoms with Gasteiger partial charge < -0.3 is 22.9 Å². The van der Waals surface area contributed by atoms with Crippen LogP contribution in [-0.4, -0.2) is 11.4 Å². The van der Waals surface area contributed by atoms with Crippen molar-refractivity contribution < 1.29 is 4.79 Å². The Morgan fingerprint density at radius 3 is 2.56 bits per heavy atom. The van der Waals surface area contributed by atoms with E-state index in [1.165, 1.54) is 0 Å². The SMILES string of the molecule is NC1=CC(N)(N)CC(C(=O)c2cccc(N)c2)=C1. The van der Waals surface area contributed by atoms with Crippen molar-refractivity contribution >= 4 is 11.5 Å². The molecule has 0 radical (unpaired) electrons. The zero-order chi connectivity index (χ0) is 13.3. The topological polar surface area (TPSA) is 121 Å². The van der Waals surface area contributed by atoms with Gasteiger partial charge in [-0.3, -0.25) is 4.79 Å². The molecule has 94 valence electrons. The van der Waals surface area contributed by atoms with Crippen molar-refractivity contribution in [2.45, 2.75) is 12.1 Å². The summed E-state index contributed by atoms with van der Waals surface area (Å²) < 4.78 is 0. The van der Waals surface area contributed by atoms with Crippen LogP contribution in [0.3, 0.4) is 0 Å². The summed E-state index contributed by atoms with van der Waals surface area (Å²) in [5, 5.41) is 0. The summed E-state index contributed by atoms with van der Waals surface area (Å²) in [6.45, 7) is 0. The fourth-order valence-electron chi connectivity index (χ4n) is 2.00. The number of rotatable bonds is 2. The Kier molecular flexibility index (Phi) is 2.94. The van der Waals surface area contributed by atoms with Crippen LogP contribution in [0.4, 0.5) is 5.69 Å². The molecule has 0 fully saturated rings. The summed E-state index contributed by atoms with van der Waals surface area (Å²) in [5.74, 6) is -0.154. The Morgan fingerprint density at radius 2 is 1.94 bits per heavy atom. The van der Waals surface area contributed by atoms with Crippen LogP contribution in [0.2, 0.25) is 0 Å². The van der Waals surface area contributed by atoms with Gasteiger partial charge in [-0.25, -0.2) is 0 Å². The predicted octanol–water partition coefficient (Wildman–Crippen LogP) is 0.238. The molecule has 1 aliphatic rings. The van der Waals surface area contributed by atoms with Crippen molar-refractivity contribution in [3.8, 4) is 0 Å². The van der Waals surface area contributed by atoms with E-state index in [4.69, 9.17) is 22.9 Å². The number of carbonyl (C=O) groups is 1. The molecule has 2 rings (SSSR count). The number of hydrogen-bond acceptors (Lipinski definition) is 5. The quantitative estimate of drug-likeness (QED) is 0.337. The van der Waals surface area contributed by atoms with Crippen molar-refractivity contribution in [3.63, 3.8) is 0 Å². The number of benzene rings is 1. The average Bonchev–Trinajstić information content (AvgIpc) is 2.25. The number of carbonyl (C=O) groups excluding carboxylic acids is 1. The van der Waals surface area contributed by atoms with Crippen LogP contribution in [-0.2, 0) is 0 Å². The third-order valence-corrected chi connectivity index (χ3v) is 2.71. The molecule has 0 amide bonds. The molecular weight excluding hydrogens is 228 g/mol. The number of anilines is 1. The number of allylic oxidation sites excluding steroid dienone is 1. The highest BCUT2D eigenvalue weighted by atomic mass is 16.1. The van der Waals surface area contributed by atoms with Crippen LogP contribution in [0.1, 0.15) is 16.8 Å². The van der Waals surface area contributed by atoms with Gasteiger partial charge >= 0.3 is 0 Å². The summed E-state index contributed by atoms with van der Waals surface area (Å²) >= 11 is 0. The minimum Gasteiger partial charge on any atom is -0.399 e. The van der Waals surface area contributed by atoms with Crippen molar-refractivity contribution in [2.75, 3.05) is 5.73 Å². The second kappa shape index (κ2) is 4.29. The third kappa shape index (κ3) is 2.58. The van der Waals surface area contributed by atoms with Gasteiger partial charge in [0.05, 0.1) is 5.66 Å². The monoisotopic (exact) mass is 244 g/mol. The van der Waals surface area contributed by atoms with Gasteiger partial charge in [-0.2, -0.15) is 0 Å². The maximum absolute atomic E-state index is 12.3. The van der Waals surface area contributed by atoms with E-state index in [9.17, 15) is 4.79 Å². The molecule has 0 bridgehead atoms. The molecule has 0 saturated carbocycles. The molecule has 0 unspecified atom stereocenters. The lowest BCUT2D eigenvalue weighted by molar-refractivity contribution is 0.102. The van der Waals surface area contributed by atoms with Crippen LogP contribution in [0.15, 0.2) is 47.7 Å². The summed E-state index contributed by atoms with van der Waals surface area (Å²) in [6.07, 6.45) is 3.40. The van der Waals surface area contributed by atoms with E-state index in [1.54, 1.807) is 36.4 Å². The van der Waals surface area contributed by atoms with E-state index in [2.05, 4.69) is 0 Å². The second-order valence-electron chi connectivity index (χ2n) is 4.56. The molecule has 5 heteroatoms. The number of ketones is 1. The Labute approximate surface area is 105 Å². The Morgan fingerprint density at radius 1 is 1.22 bits per heavy atom. The first-order valence-corrected chi connectivity index (χ1v) is 5.54. The molecule has 0 aromatic heterocycles. The Bertz CT molecular complexity index is 558. The third-order valence-electron chi connectivity index (χ3n) is 2.71. The number of hydrogen-bond donors (Lipinski definition) is 4. The van der Waals surface area contributed by atoms with Crippen LogP contribution >= 0.6 is 0 Å². The summed E-state index contributed by atoms with van der Waals surface area (Å²) in [4.78, 5) is 12.3. The lowest BCUT2D eigenvalue weighted by Gasteiger charge is -2.26. The maximum atomic E-state index is 12.3. The Hall–Kier alpha value is -2.11. The van der Waals surface area contributed by atoms with Gasteiger partial charge in [-0.15, -0.1) is 0 Å². The predicted molar refractivity (Wildman–Crippen MR) is 71.3 cm³/mol. The van der Waals surface area contributed by atoms with Crippen molar-refractivity contribution in [3.05, 3.63) is 53.3 Å². The smallest absolute Gasteiger partial charge is 0.189 e. The number of Topliss-reactive ketones (excluding diaryl/α,β-unsaturated/α-hetero) is 1. The molecule has 0 saturated heterocycles. The van der Waals surface area contributed by atoms with E-state index in [0.717, 1.165) is 0 Å². The van der Waals surface area contributed by atoms with Gasteiger partial charge in [-0.1, -0.05) is 12.1 Å². The summed E-state index contributed by atoms with van der Waals surface area (Å²) in [5.41, 5.74) is 23.8. The lowest BCUT2D eigenvalue weighted by Crippen LogP contribution is -2.50. The van der Waals surface area contributed by atoms with Gasteiger partial charge in [0.15, 0.2) is 5.78 Å². The first kappa shape index (κ1) is 12.3. The van der Waals surface area contributed by atoms with Gasteiger partial charge in [0.25, 0.3) is 0 Å². The first-order chi connectivity index (χ1) is 8.37. The molecular formula is C13H16N4O. The number of nitrogens with two attached hydrogens (primary N) is 4. The largest absolute Gasteiger partial charge is 0.399 e. The molecule has 1 aromatic carbocycles.